The van der Waals surface area contributed by atoms with Crippen LogP contribution < -0.4 is 4.74 Å². The molecule has 8 heteroatoms. The van der Waals surface area contributed by atoms with E-state index >= 15 is 0 Å². The lowest BCUT2D eigenvalue weighted by molar-refractivity contribution is -0.132. The fourth-order valence-electron chi connectivity index (χ4n) is 4.81. The normalized spacial score (nSPS) is 21.3. The molecule has 0 radical (unpaired) electrons. The van der Waals surface area contributed by atoms with Gasteiger partial charge < -0.3 is 14.1 Å². The SMILES string of the molecule is CC(=O)N1C[C@H]2CC[C@@H](C1)N2Cc1cc2cc(Oc3nc4cnccc4s3)ccc2o1. The molecular formula is C23H22N4O3S. The summed E-state index contributed by atoms with van der Waals surface area (Å²) in [6.45, 7) is 4.08. The number of pyridine rings is 1. The van der Waals surface area contributed by atoms with Crippen LogP contribution in [0.4, 0.5) is 0 Å². The third-order valence-corrected chi connectivity index (χ3v) is 7.25. The van der Waals surface area contributed by atoms with Gasteiger partial charge in [-0.05, 0) is 43.2 Å². The van der Waals surface area contributed by atoms with Crippen molar-refractivity contribution in [1.29, 1.82) is 0 Å². The lowest BCUT2D eigenvalue weighted by Gasteiger charge is -2.40. The molecule has 0 unspecified atom stereocenters. The Hall–Kier alpha value is -2.97. The molecule has 5 heterocycles. The maximum absolute atomic E-state index is 11.8. The van der Waals surface area contributed by atoms with Gasteiger partial charge in [-0.1, -0.05) is 11.3 Å². The number of aromatic nitrogens is 2. The maximum atomic E-state index is 11.8. The highest BCUT2D eigenvalue weighted by molar-refractivity contribution is 7.20. The van der Waals surface area contributed by atoms with Crippen LogP contribution in [0.5, 0.6) is 10.9 Å². The highest BCUT2D eigenvalue weighted by Gasteiger charge is 2.40. The van der Waals surface area contributed by atoms with E-state index < -0.39 is 0 Å². The fraction of sp³-hybridized carbons (Fsp3) is 0.348. The van der Waals surface area contributed by atoms with Gasteiger partial charge in [0.15, 0.2) is 0 Å². The van der Waals surface area contributed by atoms with Gasteiger partial charge >= 0.3 is 0 Å². The monoisotopic (exact) mass is 434 g/mol. The Balaban J connectivity index is 1.20. The van der Waals surface area contributed by atoms with E-state index in [0.717, 1.165) is 65.2 Å². The number of amides is 1. The Morgan fingerprint density at radius 1 is 1.23 bits per heavy atom. The minimum atomic E-state index is 0.178. The first-order valence-electron chi connectivity index (χ1n) is 10.5. The summed E-state index contributed by atoms with van der Waals surface area (Å²) in [5.74, 6) is 1.87. The molecule has 0 saturated carbocycles. The lowest BCUT2D eigenvalue weighted by Crippen LogP contribution is -2.54. The largest absolute Gasteiger partial charge is 0.460 e. The van der Waals surface area contributed by atoms with E-state index in [1.165, 1.54) is 11.3 Å². The number of piperazine rings is 1. The molecule has 3 aromatic heterocycles. The molecular weight excluding hydrogens is 412 g/mol. The number of rotatable bonds is 4. The van der Waals surface area contributed by atoms with Crippen LogP contribution in [0.15, 0.2) is 47.1 Å². The van der Waals surface area contributed by atoms with Crippen LogP contribution in [0.3, 0.4) is 0 Å². The summed E-state index contributed by atoms with van der Waals surface area (Å²) in [5, 5.41) is 1.62. The standard InChI is InChI=1S/C23H22N4O3S/c1-14(28)26-11-16-2-3-17(12-26)27(16)13-19-9-15-8-18(4-5-21(15)29-19)30-23-25-20-10-24-7-6-22(20)31-23/h4-10,16-17H,2-3,11-13H2,1H3/t16-,17+. The summed E-state index contributed by atoms with van der Waals surface area (Å²) in [6.07, 6.45) is 5.79. The van der Waals surface area contributed by atoms with Crippen LogP contribution in [0, 0.1) is 0 Å². The molecule has 7 nitrogen and oxygen atoms in total. The second kappa shape index (κ2) is 7.32. The van der Waals surface area contributed by atoms with Gasteiger partial charge in [0.2, 0.25) is 5.91 Å². The van der Waals surface area contributed by atoms with Gasteiger partial charge in [-0.25, -0.2) is 4.98 Å². The van der Waals surface area contributed by atoms with Crippen LogP contribution in [-0.4, -0.2) is 50.8 Å². The first kappa shape index (κ1) is 18.8. The molecule has 2 fully saturated rings. The summed E-state index contributed by atoms with van der Waals surface area (Å²) in [7, 11) is 0. The van der Waals surface area contributed by atoms with Crippen molar-refractivity contribution in [2.45, 2.75) is 38.4 Å². The summed E-state index contributed by atoms with van der Waals surface area (Å²) >= 11 is 1.50. The Morgan fingerprint density at radius 3 is 2.84 bits per heavy atom. The first-order chi connectivity index (χ1) is 15.1. The van der Waals surface area contributed by atoms with Crippen molar-refractivity contribution in [1.82, 2.24) is 19.8 Å². The molecule has 1 aromatic carbocycles. The summed E-state index contributed by atoms with van der Waals surface area (Å²) in [4.78, 5) is 24.9. The minimum Gasteiger partial charge on any atom is -0.460 e. The zero-order valence-corrected chi connectivity index (χ0v) is 18.0. The molecule has 6 rings (SSSR count). The zero-order valence-electron chi connectivity index (χ0n) is 17.2. The molecule has 31 heavy (non-hydrogen) atoms. The molecule has 2 atom stereocenters. The number of hydrogen-bond acceptors (Lipinski definition) is 7. The third kappa shape index (κ3) is 3.45. The predicted molar refractivity (Wildman–Crippen MR) is 118 cm³/mol. The Kier molecular flexibility index (Phi) is 4.43. The van der Waals surface area contributed by atoms with Crippen LogP contribution >= 0.6 is 11.3 Å². The number of furan rings is 1. The van der Waals surface area contributed by atoms with Gasteiger partial charge in [0.25, 0.3) is 5.19 Å². The van der Waals surface area contributed by atoms with E-state index in [-0.39, 0.29) is 5.91 Å². The van der Waals surface area contributed by atoms with Crippen molar-refractivity contribution < 1.29 is 13.9 Å². The number of carbonyl (C=O) groups is 1. The summed E-state index contributed by atoms with van der Waals surface area (Å²) in [5.41, 5.74) is 1.69. The van der Waals surface area contributed by atoms with E-state index in [2.05, 4.69) is 20.9 Å². The number of hydrogen-bond donors (Lipinski definition) is 0. The van der Waals surface area contributed by atoms with Crippen LogP contribution in [0.2, 0.25) is 0 Å². The minimum absolute atomic E-state index is 0.178. The Morgan fingerprint density at radius 2 is 2.06 bits per heavy atom. The Bertz CT molecular complexity index is 1240. The Labute approximate surface area is 183 Å². The lowest BCUT2D eigenvalue weighted by atomic mass is 10.1. The zero-order chi connectivity index (χ0) is 20.9. The number of fused-ring (bicyclic) bond motifs is 4. The first-order valence-corrected chi connectivity index (χ1v) is 11.4. The number of benzene rings is 1. The number of nitrogens with zero attached hydrogens (tertiary/aromatic N) is 4. The van der Waals surface area contributed by atoms with Crippen molar-refractivity contribution in [2.75, 3.05) is 13.1 Å². The predicted octanol–water partition coefficient (Wildman–Crippen LogP) is 4.42. The molecule has 0 N–H and O–H groups in total. The average Bonchev–Trinajstić information content (AvgIpc) is 3.40. The van der Waals surface area contributed by atoms with E-state index in [1.807, 2.05) is 29.2 Å². The van der Waals surface area contributed by atoms with Gasteiger partial charge in [0.1, 0.15) is 22.6 Å². The number of ether oxygens (including phenoxy) is 1. The van der Waals surface area contributed by atoms with Crippen molar-refractivity contribution in [3.63, 3.8) is 0 Å². The van der Waals surface area contributed by atoms with Crippen LogP contribution in [0.1, 0.15) is 25.5 Å². The quantitative estimate of drug-likeness (QED) is 0.473. The number of carbonyl (C=O) groups excluding carboxylic acids is 1. The van der Waals surface area contributed by atoms with Crippen molar-refractivity contribution in [3.8, 4) is 10.9 Å². The fourth-order valence-corrected chi connectivity index (χ4v) is 5.61. The van der Waals surface area contributed by atoms with E-state index in [1.54, 1.807) is 19.3 Å². The highest BCUT2D eigenvalue weighted by Crippen LogP contribution is 2.35. The van der Waals surface area contributed by atoms with Crippen molar-refractivity contribution in [2.24, 2.45) is 0 Å². The molecule has 1 amide bonds. The van der Waals surface area contributed by atoms with Gasteiger partial charge in [-0.3, -0.25) is 14.7 Å². The van der Waals surface area contributed by atoms with Crippen molar-refractivity contribution in [3.05, 3.63) is 48.5 Å². The third-order valence-electron chi connectivity index (χ3n) is 6.33. The van der Waals surface area contributed by atoms with E-state index in [9.17, 15) is 4.79 Å². The maximum Gasteiger partial charge on any atom is 0.279 e. The smallest absolute Gasteiger partial charge is 0.279 e. The molecule has 2 saturated heterocycles. The van der Waals surface area contributed by atoms with Gasteiger partial charge in [0, 0.05) is 43.7 Å². The topological polar surface area (TPSA) is 71.7 Å². The van der Waals surface area contributed by atoms with Crippen molar-refractivity contribution >= 4 is 38.4 Å². The van der Waals surface area contributed by atoms with Gasteiger partial charge in [-0.2, -0.15) is 0 Å². The highest BCUT2D eigenvalue weighted by atomic mass is 32.1. The van der Waals surface area contributed by atoms with Gasteiger partial charge in [0.05, 0.1) is 17.4 Å². The molecule has 4 aromatic rings. The van der Waals surface area contributed by atoms with E-state index in [4.69, 9.17) is 9.15 Å². The van der Waals surface area contributed by atoms with E-state index in [0.29, 0.717) is 17.3 Å². The second-order valence-corrected chi connectivity index (χ2v) is 9.31. The summed E-state index contributed by atoms with van der Waals surface area (Å²) < 4.78 is 13.2. The average molecular weight is 435 g/mol. The molecule has 2 aliphatic heterocycles. The molecule has 0 spiro atoms. The summed E-state index contributed by atoms with van der Waals surface area (Å²) in [6, 6.07) is 10.7. The number of likely N-dealkylation sites (tertiary alicyclic amines) is 1. The molecule has 2 aliphatic rings. The van der Waals surface area contributed by atoms with Gasteiger partial charge in [-0.15, -0.1) is 0 Å². The number of thiazole rings is 1. The van der Waals surface area contributed by atoms with Crippen LogP contribution in [-0.2, 0) is 11.3 Å². The second-order valence-electron chi connectivity index (χ2n) is 8.32. The van der Waals surface area contributed by atoms with Crippen LogP contribution in [0.25, 0.3) is 21.2 Å². The molecule has 158 valence electrons. The molecule has 2 bridgehead atoms. The molecule has 0 aliphatic carbocycles.